The molecule has 0 bridgehead atoms. The van der Waals surface area contributed by atoms with Crippen molar-refractivity contribution in [2.24, 2.45) is 0 Å². The van der Waals surface area contributed by atoms with Crippen LogP contribution in [0.2, 0.25) is 0 Å². The summed E-state index contributed by atoms with van der Waals surface area (Å²) in [6.45, 7) is 4.05. The number of carbonyl (C=O) groups is 2. The number of hydrogen-bond donors (Lipinski definition) is 1. The Kier molecular flexibility index (Phi) is 5.66. The summed E-state index contributed by atoms with van der Waals surface area (Å²) >= 11 is 1.18. The molecule has 3 aromatic rings. The molecule has 0 fully saturated rings. The summed E-state index contributed by atoms with van der Waals surface area (Å²) in [4.78, 5) is 41.2. The molecule has 140 valence electrons. The first-order valence-corrected chi connectivity index (χ1v) is 9.33. The molecule has 1 aromatic carbocycles. The fourth-order valence-corrected chi connectivity index (χ4v) is 3.61. The summed E-state index contributed by atoms with van der Waals surface area (Å²) in [5.74, 6) is -0.638. The van der Waals surface area contributed by atoms with E-state index in [1.165, 1.54) is 22.2 Å². The average Bonchev–Trinajstić information content (AvgIpc) is 3.02. The van der Waals surface area contributed by atoms with Crippen molar-refractivity contribution in [2.45, 2.75) is 26.8 Å². The summed E-state index contributed by atoms with van der Waals surface area (Å²) < 4.78 is 6.42. The lowest BCUT2D eigenvalue weighted by Gasteiger charge is -2.06. The Hall–Kier alpha value is -3.00. The van der Waals surface area contributed by atoms with Gasteiger partial charge in [0.15, 0.2) is 0 Å². The Bertz CT molecular complexity index is 1050. The Morgan fingerprint density at radius 3 is 2.85 bits per heavy atom. The number of thiophene rings is 1. The molecular formula is C19H19N3O4S. The third-order valence-electron chi connectivity index (χ3n) is 3.95. The molecule has 1 amide bonds. The van der Waals surface area contributed by atoms with Crippen LogP contribution in [0.15, 0.2) is 41.5 Å². The van der Waals surface area contributed by atoms with Gasteiger partial charge in [-0.05, 0) is 37.6 Å². The second kappa shape index (κ2) is 8.13. The van der Waals surface area contributed by atoms with Gasteiger partial charge in [-0.15, -0.1) is 11.3 Å². The number of carbonyl (C=O) groups excluding carboxylic acids is 2. The van der Waals surface area contributed by atoms with E-state index in [2.05, 4.69) is 10.3 Å². The number of aryl methyl sites for hydroxylation is 2. The summed E-state index contributed by atoms with van der Waals surface area (Å²) in [6, 6.07) is 8.82. The molecule has 7 nitrogen and oxygen atoms in total. The number of nitrogens with one attached hydrogen (secondary N) is 1. The molecule has 0 aliphatic rings. The highest BCUT2D eigenvalue weighted by Crippen LogP contribution is 2.27. The van der Waals surface area contributed by atoms with Crippen molar-refractivity contribution in [1.29, 1.82) is 0 Å². The average molecular weight is 385 g/mol. The molecule has 0 radical (unpaired) electrons. The standard InChI is InChI=1S/C19H19N3O4S/c1-3-26-19(25)17-12(2)10-16(27-17)21-15(23)8-9-22-11-20-14-7-5-4-6-13(14)18(22)24/h4-7,10-11H,3,8-9H2,1-2H3,(H,21,23). The van der Waals surface area contributed by atoms with Crippen molar-refractivity contribution in [3.63, 3.8) is 0 Å². The van der Waals surface area contributed by atoms with Crippen LogP contribution in [0, 0.1) is 6.92 Å². The first-order valence-electron chi connectivity index (χ1n) is 8.51. The Labute approximate surface area is 159 Å². The van der Waals surface area contributed by atoms with E-state index >= 15 is 0 Å². The van der Waals surface area contributed by atoms with Gasteiger partial charge in [0.05, 0.1) is 28.8 Å². The minimum absolute atomic E-state index is 0.117. The molecule has 0 aliphatic carbocycles. The smallest absolute Gasteiger partial charge is 0.348 e. The minimum atomic E-state index is -0.394. The largest absolute Gasteiger partial charge is 0.462 e. The summed E-state index contributed by atoms with van der Waals surface area (Å²) in [5, 5.41) is 3.86. The molecule has 2 aromatic heterocycles. The van der Waals surface area contributed by atoms with Crippen LogP contribution in [-0.4, -0.2) is 28.0 Å². The van der Waals surface area contributed by atoms with Gasteiger partial charge in [-0.1, -0.05) is 12.1 Å². The van der Waals surface area contributed by atoms with Gasteiger partial charge in [-0.25, -0.2) is 9.78 Å². The molecule has 0 aliphatic heterocycles. The molecule has 3 rings (SSSR count). The number of aromatic nitrogens is 2. The fraction of sp³-hybridized carbons (Fsp3) is 0.263. The zero-order chi connectivity index (χ0) is 19.4. The predicted octanol–water partition coefficient (Wildman–Crippen LogP) is 2.97. The van der Waals surface area contributed by atoms with Crippen molar-refractivity contribution in [2.75, 3.05) is 11.9 Å². The zero-order valence-corrected chi connectivity index (χ0v) is 15.8. The maximum absolute atomic E-state index is 12.4. The molecular weight excluding hydrogens is 366 g/mol. The van der Waals surface area contributed by atoms with E-state index in [1.54, 1.807) is 38.1 Å². The Morgan fingerprint density at radius 1 is 1.30 bits per heavy atom. The lowest BCUT2D eigenvalue weighted by molar-refractivity contribution is -0.116. The lowest BCUT2D eigenvalue weighted by atomic mass is 10.2. The number of rotatable bonds is 6. The normalized spacial score (nSPS) is 10.7. The second-order valence-electron chi connectivity index (χ2n) is 5.90. The molecule has 0 saturated heterocycles. The number of amides is 1. The van der Waals surface area contributed by atoms with Gasteiger partial charge in [-0.3, -0.25) is 14.2 Å². The van der Waals surface area contributed by atoms with E-state index in [9.17, 15) is 14.4 Å². The molecule has 0 spiro atoms. The SMILES string of the molecule is CCOC(=O)c1sc(NC(=O)CCn2cnc3ccccc3c2=O)cc1C. The number of nitrogens with zero attached hydrogens (tertiary/aromatic N) is 2. The number of ether oxygens (including phenoxy) is 1. The van der Waals surface area contributed by atoms with Crippen LogP contribution in [0.4, 0.5) is 5.00 Å². The van der Waals surface area contributed by atoms with Crippen molar-refractivity contribution in [3.05, 3.63) is 57.5 Å². The highest BCUT2D eigenvalue weighted by atomic mass is 32.1. The number of fused-ring (bicyclic) bond motifs is 1. The molecule has 0 saturated carbocycles. The molecule has 0 unspecified atom stereocenters. The number of para-hydroxylation sites is 1. The number of esters is 1. The van der Waals surface area contributed by atoms with E-state index in [-0.39, 0.29) is 24.4 Å². The monoisotopic (exact) mass is 385 g/mol. The van der Waals surface area contributed by atoms with Crippen LogP contribution in [0.5, 0.6) is 0 Å². The van der Waals surface area contributed by atoms with Crippen molar-refractivity contribution in [3.8, 4) is 0 Å². The highest BCUT2D eigenvalue weighted by molar-refractivity contribution is 7.18. The van der Waals surface area contributed by atoms with Crippen LogP contribution in [-0.2, 0) is 16.1 Å². The highest BCUT2D eigenvalue weighted by Gasteiger charge is 2.16. The number of anilines is 1. The topological polar surface area (TPSA) is 90.3 Å². The second-order valence-corrected chi connectivity index (χ2v) is 6.95. The molecule has 8 heteroatoms. The van der Waals surface area contributed by atoms with Crippen LogP contribution < -0.4 is 10.9 Å². The maximum Gasteiger partial charge on any atom is 0.348 e. The van der Waals surface area contributed by atoms with Crippen LogP contribution in [0.3, 0.4) is 0 Å². The van der Waals surface area contributed by atoms with E-state index in [1.807, 2.05) is 6.07 Å². The van der Waals surface area contributed by atoms with Crippen LogP contribution in [0.1, 0.15) is 28.6 Å². The zero-order valence-electron chi connectivity index (χ0n) is 15.0. The van der Waals surface area contributed by atoms with Gasteiger partial charge in [0, 0.05) is 13.0 Å². The van der Waals surface area contributed by atoms with E-state index in [4.69, 9.17) is 4.74 Å². The maximum atomic E-state index is 12.4. The van der Waals surface area contributed by atoms with Gasteiger partial charge in [0.2, 0.25) is 5.91 Å². The van der Waals surface area contributed by atoms with E-state index < -0.39 is 5.97 Å². The lowest BCUT2D eigenvalue weighted by Crippen LogP contribution is -2.23. The van der Waals surface area contributed by atoms with Crippen molar-refractivity contribution < 1.29 is 14.3 Å². The minimum Gasteiger partial charge on any atom is -0.462 e. The molecule has 1 N–H and O–H groups in total. The molecule has 2 heterocycles. The molecule has 0 atom stereocenters. The van der Waals surface area contributed by atoms with Crippen LogP contribution >= 0.6 is 11.3 Å². The Morgan fingerprint density at radius 2 is 2.07 bits per heavy atom. The van der Waals surface area contributed by atoms with Gasteiger partial charge >= 0.3 is 5.97 Å². The third kappa shape index (κ3) is 4.22. The Balaban J connectivity index is 1.65. The van der Waals surface area contributed by atoms with E-state index in [0.717, 1.165) is 5.56 Å². The molecule has 27 heavy (non-hydrogen) atoms. The predicted molar refractivity (Wildman–Crippen MR) is 104 cm³/mol. The fourth-order valence-electron chi connectivity index (χ4n) is 2.63. The van der Waals surface area contributed by atoms with Gasteiger partial charge in [0.25, 0.3) is 5.56 Å². The van der Waals surface area contributed by atoms with Gasteiger partial charge in [0.1, 0.15) is 4.88 Å². The first-order chi connectivity index (χ1) is 13.0. The summed E-state index contributed by atoms with van der Waals surface area (Å²) in [5.41, 5.74) is 1.21. The van der Waals surface area contributed by atoms with Crippen molar-refractivity contribution in [1.82, 2.24) is 9.55 Å². The summed E-state index contributed by atoms with van der Waals surface area (Å²) in [7, 11) is 0. The first kappa shape index (κ1) is 18.8. The van der Waals surface area contributed by atoms with Crippen molar-refractivity contribution >= 4 is 39.1 Å². The van der Waals surface area contributed by atoms with Crippen LogP contribution in [0.25, 0.3) is 10.9 Å². The van der Waals surface area contributed by atoms with E-state index in [0.29, 0.717) is 27.4 Å². The quantitative estimate of drug-likeness (QED) is 0.659. The number of benzene rings is 1. The number of hydrogen-bond acceptors (Lipinski definition) is 6. The van der Waals surface area contributed by atoms with Gasteiger partial charge < -0.3 is 10.1 Å². The van der Waals surface area contributed by atoms with Gasteiger partial charge in [-0.2, -0.15) is 0 Å². The summed E-state index contributed by atoms with van der Waals surface area (Å²) in [6.07, 6.45) is 1.57. The third-order valence-corrected chi connectivity index (χ3v) is 5.09.